The standard InChI is InChI=1S/C11H20N2O3/c1-10(2)4-5-13(7-10)8(14)6-11(3,12)9(15)16/h4-7,12H2,1-3H3,(H,15,16). The molecule has 0 aromatic carbocycles. The second-order valence-electron chi connectivity index (χ2n) is 5.63. The number of rotatable bonds is 3. The molecule has 92 valence electrons. The van der Waals surface area contributed by atoms with Gasteiger partial charge in [0.15, 0.2) is 0 Å². The summed E-state index contributed by atoms with van der Waals surface area (Å²) in [6, 6.07) is 0. The van der Waals surface area contributed by atoms with E-state index in [4.69, 9.17) is 10.8 Å². The Hall–Kier alpha value is -1.10. The van der Waals surface area contributed by atoms with Crippen molar-refractivity contribution in [2.45, 2.75) is 39.2 Å². The molecule has 1 amide bonds. The topological polar surface area (TPSA) is 83.6 Å². The molecular weight excluding hydrogens is 208 g/mol. The number of aliphatic carboxylic acids is 1. The maximum Gasteiger partial charge on any atom is 0.323 e. The number of carbonyl (C=O) groups excluding carboxylic acids is 1. The highest BCUT2D eigenvalue weighted by Gasteiger charge is 2.37. The fourth-order valence-electron chi connectivity index (χ4n) is 1.83. The molecule has 5 nitrogen and oxygen atoms in total. The van der Waals surface area contributed by atoms with Crippen LogP contribution in [0.1, 0.15) is 33.6 Å². The minimum absolute atomic E-state index is 0.129. The second-order valence-corrected chi connectivity index (χ2v) is 5.63. The molecule has 0 aromatic heterocycles. The Labute approximate surface area is 95.6 Å². The number of amides is 1. The summed E-state index contributed by atoms with van der Waals surface area (Å²) < 4.78 is 0. The monoisotopic (exact) mass is 228 g/mol. The summed E-state index contributed by atoms with van der Waals surface area (Å²) in [6.07, 6.45) is 0.811. The van der Waals surface area contributed by atoms with Crippen molar-refractivity contribution < 1.29 is 14.7 Å². The van der Waals surface area contributed by atoms with E-state index >= 15 is 0 Å². The third-order valence-corrected chi connectivity index (χ3v) is 3.04. The van der Waals surface area contributed by atoms with Crippen LogP contribution in [0.4, 0.5) is 0 Å². The molecule has 3 N–H and O–H groups in total. The quantitative estimate of drug-likeness (QED) is 0.734. The first kappa shape index (κ1) is 13.0. The summed E-state index contributed by atoms with van der Waals surface area (Å²) >= 11 is 0. The zero-order valence-electron chi connectivity index (χ0n) is 10.1. The molecule has 1 atom stereocenters. The summed E-state index contributed by atoms with van der Waals surface area (Å²) in [6.45, 7) is 6.94. The molecule has 1 aliphatic rings. The van der Waals surface area contributed by atoms with Gasteiger partial charge in [-0.1, -0.05) is 13.8 Å². The zero-order valence-corrected chi connectivity index (χ0v) is 10.1. The fraction of sp³-hybridized carbons (Fsp3) is 0.818. The molecule has 1 fully saturated rings. The molecule has 16 heavy (non-hydrogen) atoms. The molecule has 0 saturated carbocycles. The van der Waals surface area contributed by atoms with Crippen molar-refractivity contribution in [1.82, 2.24) is 4.90 Å². The van der Waals surface area contributed by atoms with Crippen LogP contribution in [0.5, 0.6) is 0 Å². The van der Waals surface area contributed by atoms with Gasteiger partial charge in [0.25, 0.3) is 0 Å². The van der Waals surface area contributed by atoms with E-state index in [9.17, 15) is 9.59 Å². The van der Waals surface area contributed by atoms with Crippen LogP contribution >= 0.6 is 0 Å². The number of hydrogen-bond donors (Lipinski definition) is 2. The van der Waals surface area contributed by atoms with Crippen molar-refractivity contribution in [3.63, 3.8) is 0 Å². The molecule has 1 rings (SSSR count). The van der Waals surface area contributed by atoms with Gasteiger partial charge in [0.2, 0.25) is 5.91 Å². The summed E-state index contributed by atoms with van der Waals surface area (Å²) in [4.78, 5) is 24.3. The van der Waals surface area contributed by atoms with Crippen LogP contribution in [-0.4, -0.2) is 40.5 Å². The number of likely N-dealkylation sites (tertiary alicyclic amines) is 1. The van der Waals surface area contributed by atoms with Gasteiger partial charge in [-0.15, -0.1) is 0 Å². The van der Waals surface area contributed by atoms with Crippen molar-refractivity contribution in [2.75, 3.05) is 13.1 Å². The first-order valence-electron chi connectivity index (χ1n) is 5.44. The van der Waals surface area contributed by atoms with Crippen LogP contribution in [0.15, 0.2) is 0 Å². The number of nitrogens with zero attached hydrogens (tertiary/aromatic N) is 1. The van der Waals surface area contributed by atoms with Gasteiger partial charge in [-0.05, 0) is 18.8 Å². The van der Waals surface area contributed by atoms with Gasteiger partial charge >= 0.3 is 5.97 Å². The molecule has 0 aromatic rings. The van der Waals surface area contributed by atoms with Crippen LogP contribution in [-0.2, 0) is 9.59 Å². The lowest BCUT2D eigenvalue weighted by atomic mass is 9.93. The van der Waals surface area contributed by atoms with E-state index in [0.717, 1.165) is 6.42 Å². The average molecular weight is 228 g/mol. The van der Waals surface area contributed by atoms with E-state index in [1.54, 1.807) is 4.90 Å². The van der Waals surface area contributed by atoms with Crippen LogP contribution in [0.25, 0.3) is 0 Å². The third kappa shape index (κ3) is 2.95. The van der Waals surface area contributed by atoms with Crippen LogP contribution in [0.2, 0.25) is 0 Å². The molecule has 0 aliphatic carbocycles. The van der Waals surface area contributed by atoms with Crippen molar-refractivity contribution in [2.24, 2.45) is 11.1 Å². The highest BCUT2D eigenvalue weighted by atomic mass is 16.4. The Bertz CT molecular complexity index is 310. The molecule has 5 heteroatoms. The SMILES string of the molecule is CC1(C)CCN(C(=O)CC(C)(N)C(=O)O)C1. The smallest absolute Gasteiger partial charge is 0.323 e. The fourth-order valence-corrected chi connectivity index (χ4v) is 1.83. The van der Waals surface area contributed by atoms with Gasteiger partial charge < -0.3 is 15.7 Å². The highest BCUT2D eigenvalue weighted by molar-refractivity contribution is 5.87. The molecule has 0 radical (unpaired) electrons. The van der Waals surface area contributed by atoms with Crippen molar-refractivity contribution >= 4 is 11.9 Å². The highest BCUT2D eigenvalue weighted by Crippen LogP contribution is 2.29. The lowest BCUT2D eigenvalue weighted by Crippen LogP contribution is -2.49. The summed E-state index contributed by atoms with van der Waals surface area (Å²) in [5.41, 5.74) is 4.21. The zero-order chi connectivity index (χ0) is 12.6. The lowest BCUT2D eigenvalue weighted by Gasteiger charge is -2.24. The molecule has 0 spiro atoms. The van der Waals surface area contributed by atoms with Gasteiger partial charge in [-0.25, -0.2) is 0 Å². The molecule has 1 saturated heterocycles. The van der Waals surface area contributed by atoms with Gasteiger partial charge in [0.05, 0.1) is 6.42 Å². The molecule has 0 bridgehead atoms. The van der Waals surface area contributed by atoms with E-state index in [0.29, 0.717) is 13.1 Å². The molecule has 1 unspecified atom stereocenters. The van der Waals surface area contributed by atoms with Crippen LogP contribution in [0, 0.1) is 5.41 Å². The summed E-state index contributed by atoms with van der Waals surface area (Å²) in [5, 5.41) is 8.84. The Morgan fingerprint density at radius 3 is 2.44 bits per heavy atom. The average Bonchev–Trinajstić information content (AvgIpc) is 2.45. The van der Waals surface area contributed by atoms with E-state index in [1.807, 2.05) is 0 Å². The van der Waals surface area contributed by atoms with E-state index in [1.165, 1.54) is 6.92 Å². The number of carboxylic acids is 1. The van der Waals surface area contributed by atoms with Gasteiger partial charge in [0, 0.05) is 13.1 Å². The van der Waals surface area contributed by atoms with Gasteiger partial charge in [-0.2, -0.15) is 0 Å². The van der Waals surface area contributed by atoms with Gasteiger partial charge in [-0.3, -0.25) is 9.59 Å². The van der Waals surface area contributed by atoms with Crippen molar-refractivity contribution in [1.29, 1.82) is 0 Å². The maximum absolute atomic E-state index is 11.8. The summed E-state index contributed by atoms with van der Waals surface area (Å²) in [7, 11) is 0. The Kier molecular flexibility index (Phi) is 3.28. The predicted octanol–water partition coefficient (Wildman–Crippen LogP) is 0.437. The first-order valence-corrected chi connectivity index (χ1v) is 5.44. The number of hydrogen-bond acceptors (Lipinski definition) is 3. The molecular formula is C11H20N2O3. The third-order valence-electron chi connectivity index (χ3n) is 3.04. The number of carboxylic acid groups (broad SMARTS) is 1. The van der Waals surface area contributed by atoms with Crippen LogP contribution in [0.3, 0.4) is 0 Å². The molecule has 1 aliphatic heterocycles. The minimum atomic E-state index is -1.47. The number of nitrogens with two attached hydrogens (primary N) is 1. The largest absolute Gasteiger partial charge is 0.480 e. The van der Waals surface area contributed by atoms with E-state index in [-0.39, 0.29) is 17.7 Å². The van der Waals surface area contributed by atoms with E-state index < -0.39 is 11.5 Å². The Balaban J connectivity index is 2.58. The second kappa shape index (κ2) is 4.05. The predicted molar refractivity (Wildman–Crippen MR) is 59.8 cm³/mol. The number of carbonyl (C=O) groups is 2. The minimum Gasteiger partial charge on any atom is -0.480 e. The Morgan fingerprint density at radius 1 is 1.50 bits per heavy atom. The van der Waals surface area contributed by atoms with Crippen LogP contribution < -0.4 is 5.73 Å². The lowest BCUT2D eigenvalue weighted by molar-refractivity contribution is -0.146. The van der Waals surface area contributed by atoms with Gasteiger partial charge in [0.1, 0.15) is 5.54 Å². The Morgan fingerprint density at radius 2 is 2.06 bits per heavy atom. The molecule has 1 heterocycles. The maximum atomic E-state index is 11.8. The first-order chi connectivity index (χ1) is 7.14. The van der Waals surface area contributed by atoms with E-state index in [2.05, 4.69) is 13.8 Å². The van der Waals surface area contributed by atoms with Crippen molar-refractivity contribution in [3.05, 3.63) is 0 Å². The normalized spacial score (nSPS) is 22.9. The summed E-state index contributed by atoms with van der Waals surface area (Å²) in [5.74, 6) is -1.31. The van der Waals surface area contributed by atoms with Crippen molar-refractivity contribution in [3.8, 4) is 0 Å².